The SMILES string of the molecule is Cc1noc(/C=C/C2CCCCC2)c1[N+](=O)[O-]. The second-order valence-electron chi connectivity index (χ2n) is 4.50. The van der Waals surface area contributed by atoms with Gasteiger partial charge in [0.1, 0.15) is 0 Å². The molecule has 1 saturated carbocycles. The van der Waals surface area contributed by atoms with E-state index >= 15 is 0 Å². The van der Waals surface area contributed by atoms with Gasteiger partial charge >= 0.3 is 5.69 Å². The molecule has 1 aliphatic rings. The monoisotopic (exact) mass is 236 g/mol. The Morgan fingerprint density at radius 3 is 2.76 bits per heavy atom. The minimum Gasteiger partial charge on any atom is -0.349 e. The van der Waals surface area contributed by atoms with E-state index in [4.69, 9.17) is 4.52 Å². The van der Waals surface area contributed by atoms with Gasteiger partial charge in [0.05, 0.1) is 4.92 Å². The lowest BCUT2D eigenvalue weighted by Gasteiger charge is -2.17. The number of hydrogen-bond acceptors (Lipinski definition) is 4. The number of hydrogen-bond donors (Lipinski definition) is 0. The fraction of sp³-hybridized carbons (Fsp3) is 0.583. The molecule has 0 aromatic carbocycles. The molecular formula is C12H16N2O3. The third-order valence-electron chi connectivity index (χ3n) is 3.21. The molecule has 0 spiro atoms. The minimum absolute atomic E-state index is 0.0166. The number of rotatable bonds is 3. The zero-order chi connectivity index (χ0) is 12.3. The number of allylic oxidation sites excluding steroid dienone is 1. The first-order valence-electron chi connectivity index (χ1n) is 5.97. The predicted molar refractivity (Wildman–Crippen MR) is 63.5 cm³/mol. The van der Waals surface area contributed by atoms with Crippen molar-refractivity contribution in [3.63, 3.8) is 0 Å². The van der Waals surface area contributed by atoms with Crippen molar-refractivity contribution in [2.75, 3.05) is 0 Å². The van der Waals surface area contributed by atoms with Gasteiger partial charge in [-0.15, -0.1) is 0 Å². The van der Waals surface area contributed by atoms with Crippen molar-refractivity contribution >= 4 is 11.8 Å². The van der Waals surface area contributed by atoms with E-state index in [0.717, 1.165) is 12.8 Å². The zero-order valence-corrected chi connectivity index (χ0v) is 9.89. The highest BCUT2D eigenvalue weighted by Gasteiger charge is 2.22. The molecule has 0 bridgehead atoms. The number of nitrogens with zero attached hydrogens (tertiary/aromatic N) is 2. The smallest absolute Gasteiger partial charge is 0.338 e. The first-order valence-corrected chi connectivity index (χ1v) is 5.97. The maximum atomic E-state index is 10.8. The average Bonchev–Trinajstić information content (AvgIpc) is 2.69. The Morgan fingerprint density at radius 2 is 2.12 bits per heavy atom. The molecule has 0 unspecified atom stereocenters. The van der Waals surface area contributed by atoms with Crippen molar-refractivity contribution in [2.24, 2.45) is 5.92 Å². The van der Waals surface area contributed by atoms with Crippen molar-refractivity contribution in [2.45, 2.75) is 39.0 Å². The van der Waals surface area contributed by atoms with Crippen LogP contribution in [0.4, 0.5) is 5.69 Å². The molecule has 92 valence electrons. The molecule has 5 heteroatoms. The predicted octanol–water partition coefficient (Wildman–Crippen LogP) is 3.48. The summed E-state index contributed by atoms with van der Waals surface area (Å²) in [6.45, 7) is 1.58. The topological polar surface area (TPSA) is 69.2 Å². The van der Waals surface area contributed by atoms with E-state index in [1.807, 2.05) is 6.08 Å². The molecule has 1 fully saturated rings. The highest BCUT2D eigenvalue weighted by atomic mass is 16.6. The third-order valence-corrected chi connectivity index (χ3v) is 3.21. The van der Waals surface area contributed by atoms with Gasteiger partial charge in [-0.25, -0.2) is 0 Å². The summed E-state index contributed by atoms with van der Waals surface area (Å²) in [5.41, 5.74) is 0.315. The van der Waals surface area contributed by atoms with Crippen molar-refractivity contribution in [1.82, 2.24) is 5.16 Å². The summed E-state index contributed by atoms with van der Waals surface area (Å²) in [5, 5.41) is 14.5. The molecule has 0 radical (unpaired) electrons. The Hall–Kier alpha value is -1.65. The maximum Gasteiger partial charge on any atom is 0.338 e. The average molecular weight is 236 g/mol. The van der Waals surface area contributed by atoms with Crippen molar-refractivity contribution in [3.8, 4) is 0 Å². The van der Waals surface area contributed by atoms with Gasteiger partial charge < -0.3 is 4.52 Å². The maximum absolute atomic E-state index is 10.8. The van der Waals surface area contributed by atoms with Crippen LogP contribution in [0.15, 0.2) is 10.6 Å². The summed E-state index contributed by atoms with van der Waals surface area (Å²) >= 11 is 0. The van der Waals surface area contributed by atoms with Crippen LogP contribution in [0.2, 0.25) is 0 Å². The lowest BCUT2D eigenvalue weighted by molar-refractivity contribution is -0.386. The quantitative estimate of drug-likeness (QED) is 0.595. The highest BCUT2D eigenvalue weighted by molar-refractivity contribution is 5.56. The molecule has 1 aromatic heterocycles. The second kappa shape index (κ2) is 5.12. The van der Waals surface area contributed by atoms with E-state index in [-0.39, 0.29) is 11.4 Å². The van der Waals surface area contributed by atoms with Crippen LogP contribution < -0.4 is 0 Å². The summed E-state index contributed by atoms with van der Waals surface area (Å²) < 4.78 is 4.97. The van der Waals surface area contributed by atoms with Gasteiger partial charge in [0.2, 0.25) is 5.76 Å². The van der Waals surface area contributed by atoms with Gasteiger partial charge in [0, 0.05) is 0 Å². The molecule has 5 nitrogen and oxygen atoms in total. The molecule has 1 aliphatic carbocycles. The number of aromatic nitrogens is 1. The highest BCUT2D eigenvalue weighted by Crippen LogP contribution is 2.28. The minimum atomic E-state index is -0.438. The summed E-state index contributed by atoms with van der Waals surface area (Å²) in [4.78, 5) is 10.4. The Bertz CT molecular complexity index is 431. The Balaban J connectivity index is 2.12. The van der Waals surface area contributed by atoms with Crippen LogP contribution in [-0.2, 0) is 0 Å². The van der Waals surface area contributed by atoms with Crippen molar-refractivity contribution in [1.29, 1.82) is 0 Å². The number of nitro groups is 1. The molecule has 1 aromatic rings. The van der Waals surface area contributed by atoms with Crippen molar-refractivity contribution in [3.05, 3.63) is 27.6 Å². The Labute approximate surface area is 99.6 Å². The molecule has 0 N–H and O–H groups in total. The lowest BCUT2D eigenvalue weighted by Crippen LogP contribution is -2.02. The van der Waals surface area contributed by atoms with Crippen LogP contribution in [0, 0.1) is 23.0 Å². The fourth-order valence-electron chi connectivity index (χ4n) is 2.26. The first-order chi connectivity index (χ1) is 8.18. The van der Waals surface area contributed by atoms with E-state index in [2.05, 4.69) is 5.16 Å². The van der Waals surface area contributed by atoms with Crippen molar-refractivity contribution < 1.29 is 9.45 Å². The summed E-state index contributed by atoms with van der Waals surface area (Å²) in [5.74, 6) is 0.784. The molecule has 0 aliphatic heterocycles. The van der Waals surface area contributed by atoms with Crippen LogP contribution >= 0.6 is 0 Å². The van der Waals surface area contributed by atoms with E-state index in [1.54, 1.807) is 13.0 Å². The largest absolute Gasteiger partial charge is 0.349 e. The van der Waals surface area contributed by atoms with Gasteiger partial charge in [-0.2, -0.15) is 0 Å². The molecule has 0 saturated heterocycles. The van der Waals surface area contributed by atoms with E-state index < -0.39 is 4.92 Å². The van der Waals surface area contributed by atoms with Crippen LogP contribution in [0.5, 0.6) is 0 Å². The first kappa shape index (κ1) is 11.8. The Kier molecular flexibility index (Phi) is 3.56. The molecular weight excluding hydrogens is 220 g/mol. The molecule has 1 heterocycles. The van der Waals surface area contributed by atoms with Crippen LogP contribution in [0.1, 0.15) is 43.6 Å². The summed E-state index contributed by atoms with van der Waals surface area (Å²) in [7, 11) is 0. The van der Waals surface area contributed by atoms with Crippen LogP contribution in [0.25, 0.3) is 6.08 Å². The standard InChI is InChI=1S/C12H16N2O3/c1-9-12(14(15)16)11(17-13-9)8-7-10-5-3-2-4-6-10/h7-8,10H,2-6H2,1H3/b8-7+. The summed E-state index contributed by atoms with van der Waals surface area (Å²) in [6.07, 6.45) is 9.83. The summed E-state index contributed by atoms with van der Waals surface area (Å²) in [6, 6.07) is 0. The normalized spacial score (nSPS) is 17.7. The van der Waals surface area contributed by atoms with E-state index in [1.165, 1.54) is 19.3 Å². The molecule has 17 heavy (non-hydrogen) atoms. The third kappa shape index (κ3) is 2.72. The Morgan fingerprint density at radius 1 is 1.41 bits per heavy atom. The van der Waals surface area contributed by atoms with Gasteiger partial charge in [0.25, 0.3) is 0 Å². The van der Waals surface area contributed by atoms with Crippen LogP contribution in [-0.4, -0.2) is 10.1 Å². The second-order valence-corrected chi connectivity index (χ2v) is 4.50. The zero-order valence-electron chi connectivity index (χ0n) is 9.89. The van der Waals surface area contributed by atoms with Gasteiger partial charge in [-0.3, -0.25) is 10.1 Å². The molecule has 2 rings (SSSR count). The van der Waals surface area contributed by atoms with Crippen LogP contribution in [0.3, 0.4) is 0 Å². The number of aryl methyl sites for hydroxylation is 1. The van der Waals surface area contributed by atoms with Gasteiger partial charge in [-0.1, -0.05) is 30.5 Å². The lowest BCUT2D eigenvalue weighted by atomic mass is 9.89. The van der Waals surface area contributed by atoms with Gasteiger partial charge in [-0.05, 0) is 31.8 Å². The molecule has 0 amide bonds. The van der Waals surface area contributed by atoms with E-state index in [9.17, 15) is 10.1 Å². The van der Waals surface area contributed by atoms with Gasteiger partial charge in [0.15, 0.2) is 5.69 Å². The van der Waals surface area contributed by atoms with E-state index in [0.29, 0.717) is 11.6 Å². The molecule has 0 atom stereocenters. The fourth-order valence-corrected chi connectivity index (χ4v) is 2.26.